The third-order valence-corrected chi connectivity index (χ3v) is 6.88. The number of amides is 1. The van der Waals surface area contributed by atoms with Gasteiger partial charge in [0.25, 0.3) is 11.7 Å². The van der Waals surface area contributed by atoms with Crippen molar-refractivity contribution in [2.75, 3.05) is 46.5 Å². The number of hydrogen-bond acceptors (Lipinski definition) is 7. The Bertz CT molecular complexity index is 1390. The summed E-state index contributed by atoms with van der Waals surface area (Å²) in [6.07, 6.45) is 0. The van der Waals surface area contributed by atoms with Crippen molar-refractivity contribution in [1.82, 2.24) is 9.80 Å². The molecule has 1 amide bonds. The van der Waals surface area contributed by atoms with Crippen LogP contribution in [0.15, 0.2) is 78.4 Å². The number of halogens is 1. The number of ketones is 1. The van der Waals surface area contributed by atoms with Gasteiger partial charge in [0.1, 0.15) is 17.3 Å². The molecule has 3 aromatic rings. The minimum Gasteiger partial charge on any atom is -0.507 e. The number of carbonyl (C=O) groups is 2. The molecule has 1 N–H and O–H groups in total. The van der Waals surface area contributed by atoms with E-state index < -0.39 is 29.3 Å². The first-order chi connectivity index (χ1) is 19.0. The Morgan fingerprint density at radius 2 is 1.72 bits per heavy atom. The highest BCUT2D eigenvalue weighted by atomic mass is 19.1. The molecule has 1 atom stereocenters. The Morgan fingerprint density at radius 1 is 0.974 bits per heavy atom. The predicted molar refractivity (Wildman–Crippen MR) is 142 cm³/mol. The maximum absolute atomic E-state index is 14.5. The van der Waals surface area contributed by atoms with E-state index >= 15 is 0 Å². The zero-order valence-electron chi connectivity index (χ0n) is 21.5. The van der Waals surface area contributed by atoms with Crippen LogP contribution >= 0.6 is 0 Å². The quantitative estimate of drug-likeness (QED) is 0.262. The van der Waals surface area contributed by atoms with Gasteiger partial charge in [-0.25, -0.2) is 4.39 Å². The summed E-state index contributed by atoms with van der Waals surface area (Å²) >= 11 is 0. The molecule has 0 saturated carbocycles. The number of nitrogens with zero attached hydrogens (tertiary/aromatic N) is 2. The maximum atomic E-state index is 14.5. The fourth-order valence-corrected chi connectivity index (χ4v) is 4.87. The number of para-hydroxylation sites is 1. The van der Waals surface area contributed by atoms with Gasteiger partial charge in [0.2, 0.25) is 0 Å². The average Bonchev–Trinajstić information content (AvgIpc) is 3.22. The molecule has 0 radical (unpaired) electrons. The van der Waals surface area contributed by atoms with Crippen molar-refractivity contribution in [3.8, 4) is 17.2 Å². The van der Waals surface area contributed by atoms with E-state index in [1.54, 1.807) is 24.3 Å². The first-order valence-corrected chi connectivity index (χ1v) is 12.7. The molecule has 3 aromatic carbocycles. The van der Waals surface area contributed by atoms with Crippen molar-refractivity contribution in [2.45, 2.75) is 6.04 Å². The molecular formula is C30H29FN2O6. The van der Waals surface area contributed by atoms with Gasteiger partial charge in [0.05, 0.1) is 31.9 Å². The SMILES string of the molecule is COc1ccc(C(O)=C2C(=O)C(=O)N(CCN3CCOCC3)[C@@H]2c2cccc(Oc3ccccc3)c2)cc1F. The van der Waals surface area contributed by atoms with Gasteiger partial charge in [-0.2, -0.15) is 0 Å². The van der Waals surface area contributed by atoms with Crippen LogP contribution in [0.1, 0.15) is 17.2 Å². The van der Waals surface area contributed by atoms with Crippen LogP contribution in [0.5, 0.6) is 17.2 Å². The van der Waals surface area contributed by atoms with Crippen LogP contribution in [0, 0.1) is 5.82 Å². The summed E-state index contributed by atoms with van der Waals surface area (Å²) in [6.45, 7) is 3.44. The average molecular weight is 533 g/mol. The molecule has 0 unspecified atom stereocenters. The van der Waals surface area contributed by atoms with Gasteiger partial charge < -0.3 is 24.2 Å². The number of carbonyl (C=O) groups excluding carboxylic acids is 2. The van der Waals surface area contributed by atoms with Gasteiger partial charge in [0.15, 0.2) is 11.6 Å². The Kier molecular flexibility index (Phi) is 7.90. The summed E-state index contributed by atoms with van der Waals surface area (Å²) in [6, 6.07) is 19.3. The van der Waals surface area contributed by atoms with Crippen LogP contribution in [-0.4, -0.2) is 73.1 Å². The van der Waals surface area contributed by atoms with Gasteiger partial charge in [-0.1, -0.05) is 30.3 Å². The highest BCUT2D eigenvalue weighted by Crippen LogP contribution is 2.41. The van der Waals surface area contributed by atoms with Gasteiger partial charge in [-0.05, 0) is 48.0 Å². The standard InChI is InChI=1S/C30H29FN2O6/c1-37-25-11-10-21(19-24(25)31)28(34)26-27(20-6-5-9-23(18-20)39-22-7-3-2-4-8-22)33(30(36)29(26)35)13-12-32-14-16-38-17-15-32/h2-11,18-19,27,34H,12-17H2,1H3/t27-/m1/s1. The molecule has 0 aromatic heterocycles. The topological polar surface area (TPSA) is 88.5 Å². The first kappa shape index (κ1) is 26.4. The van der Waals surface area contributed by atoms with Crippen LogP contribution in [0.25, 0.3) is 5.76 Å². The van der Waals surface area contributed by atoms with Crippen LogP contribution in [0.3, 0.4) is 0 Å². The summed E-state index contributed by atoms with van der Waals surface area (Å²) in [7, 11) is 1.34. The lowest BCUT2D eigenvalue weighted by Crippen LogP contribution is -2.42. The number of likely N-dealkylation sites (tertiary alicyclic amines) is 1. The van der Waals surface area contributed by atoms with Crippen LogP contribution < -0.4 is 9.47 Å². The van der Waals surface area contributed by atoms with Crippen LogP contribution in [0.2, 0.25) is 0 Å². The van der Waals surface area contributed by atoms with E-state index in [0.717, 1.165) is 19.2 Å². The van der Waals surface area contributed by atoms with E-state index in [0.29, 0.717) is 36.8 Å². The third kappa shape index (κ3) is 5.64. The third-order valence-electron chi connectivity index (χ3n) is 6.88. The zero-order valence-corrected chi connectivity index (χ0v) is 21.5. The summed E-state index contributed by atoms with van der Waals surface area (Å²) in [4.78, 5) is 30.3. The summed E-state index contributed by atoms with van der Waals surface area (Å²) in [5.41, 5.74) is 0.546. The molecule has 8 nitrogen and oxygen atoms in total. The van der Waals surface area contributed by atoms with Crippen molar-refractivity contribution >= 4 is 17.4 Å². The molecule has 202 valence electrons. The fraction of sp³-hybridized carbons (Fsp3) is 0.267. The minimum atomic E-state index is -0.893. The second-order valence-corrected chi connectivity index (χ2v) is 9.28. The van der Waals surface area contributed by atoms with E-state index in [4.69, 9.17) is 14.2 Å². The van der Waals surface area contributed by atoms with Gasteiger partial charge in [0, 0.05) is 31.7 Å². The van der Waals surface area contributed by atoms with Gasteiger partial charge in [-0.3, -0.25) is 14.5 Å². The number of ether oxygens (including phenoxy) is 3. The smallest absolute Gasteiger partial charge is 0.295 e. The zero-order chi connectivity index (χ0) is 27.4. The summed E-state index contributed by atoms with van der Waals surface area (Å²) < 4.78 is 30.9. The monoisotopic (exact) mass is 532 g/mol. The van der Waals surface area contributed by atoms with E-state index in [9.17, 15) is 19.1 Å². The molecule has 0 spiro atoms. The molecule has 2 aliphatic rings. The summed E-state index contributed by atoms with van der Waals surface area (Å²) in [5, 5.41) is 11.3. The van der Waals surface area contributed by atoms with Gasteiger partial charge >= 0.3 is 0 Å². The molecule has 2 fully saturated rings. The predicted octanol–water partition coefficient (Wildman–Crippen LogP) is 4.38. The Balaban J connectivity index is 1.55. The first-order valence-electron chi connectivity index (χ1n) is 12.7. The number of morpholine rings is 1. The van der Waals surface area contributed by atoms with Crippen molar-refractivity contribution in [3.63, 3.8) is 0 Å². The Hall–Kier alpha value is -4.21. The molecule has 2 heterocycles. The van der Waals surface area contributed by atoms with E-state index in [1.807, 2.05) is 30.3 Å². The normalized spacial score (nSPS) is 19.3. The number of hydrogen-bond donors (Lipinski definition) is 1. The van der Waals surface area contributed by atoms with Gasteiger partial charge in [-0.15, -0.1) is 0 Å². The van der Waals surface area contributed by atoms with Crippen molar-refractivity contribution in [3.05, 3.63) is 95.3 Å². The van der Waals surface area contributed by atoms with Crippen LogP contribution in [0.4, 0.5) is 4.39 Å². The van der Waals surface area contributed by atoms with Crippen molar-refractivity contribution < 1.29 is 33.3 Å². The fourth-order valence-electron chi connectivity index (χ4n) is 4.87. The molecule has 2 aliphatic heterocycles. The van der Waals surface area contributed by atoms with Crippen LogP contribution in [-0.2, 0) is 14.3 Å². The van der Waals surface area contributed by atoms with Crippen molar-refractivity contribution in [2.24, 2.45) is 0 Å². The highest BCUT2D eigenvalue weighted by molar-refractivity contribution is 6.46. The number of aliphatic hydroxyl groups is 1. The number of Topliss-reactive ketones (excluding diaryl/α,β-unsaturated/α-hetero) is 1. The van der Waals surface area contributed by atoms with E-state index in [2.05, 4.69) is 4.90 Å². The molecule has 2 saturated heterocycles. The molecule has 9 heteroatoms. The second kappa shape index (κ2) is 11.7. The lowest BCUT2D eigenvalue weighted by Gasteiger charge is -2.31. The second-order valence-electron chi connectivity index (χ2n) is 9.28. The molecule has 0 aliphatic carbocycles. The lowest BCUT2D eigenvalue weighted by atomic mass is 9.95. The molecule has 5 rings (SSSR count). The molecular weight excluding hydrogens is 503 g/mol. The maximum Gasteiger partial charge on any atom is 0.295 e. The summed E-state index contributed by atoms with van der Waals surface area (Å²) in [5.74, 6) is -1.57. The largest absolute Gasteiger partial charge is 0.507 e. The van der Waals surface area contributed by atoms with E-state index in [-0.39, 0.29) is 23.4 Å². The number of benzene rings is 3. The Labute approximate surface area is 225 Å². The number of methoxy groups -OCH3 is 1. The highest BCUT2D eigenvalue weighted by Gasteiger charge is 2.46. The van der Waals surface area contributed by atoms with E-state index in [1.165, 1.54) is 24.1 Å². The lowest BCUT2D eigenvalue weighted by molar-refractivity contribution is -0.140. The molecule has 0 bridgehead atoms. The molecule has 39 heavy (non-hydrogen) atoms. The number of rotatable bonds is 8. The Morgan fingerprint density at radius 3 is 2.44 bits per heavy atom. The van der Waals surface area contributed by atoms with Crippen molar-refractivity contribution in [1.29, 1.82) is 0 Å². The minimum absolute atomic E-state index is 0.000163. The number of aliphatic hydroxyl groups excluding tert-OH is 1.